The van der Waals surface area contributed by atoms with Gasteiger partial charge in [0.2, 0.25) is 5.91 Å². The maximum atomic E-state index is 12.1. The van der Waals surface area contributed by atoms with E-state index in [4.69, 9.17) is 5.73 Å². The second-order valence-corrected chi connectivity index (χ2v) is 5.22. The molecule has 0 fully saturated rings. The monoisotopic (exact) mass is 242 g/mol. The van der Waals surface area contributed by atoms with E-state index in [9.17, 15) is 4.79 Å². The zero-order valence-corrected chi connectivity index (χ0v) is 12.0. The van der Waals surface area contributed by atoms with Crippen LogP contribution < -0.4 is 11.1 Å². The summed E-state index contributed by atoms with van der Waals surface area (Å²) in [6.07, 6.45) is 5.64. The summed E-state index contributed by atoms with van der Waals surface area (Å²) in [4.78, 5) is 12.1. The maximum absolute atomic E-state index is 12.1. The van der Waals surface area contributed by atoms with Gasteiger partial charge in [-0.1, -0.05) is 47.0 Å². The summed E-state index contributed by atoms with van der Waals surface area (Å²) < 4.78 is 0. The summed E-state index contributed by atoms with van der Waals surface area (Å²) in [5, 5.41) is 3.17. The third kappa shape index (κ3) is 6.67. The van der Waals surface area contributed by atoms with Crippen molar-refractivity contribution in [1.29, 1.82) is 0 Å². The van der Waals surface area contributed by atoms with Gasteiger partial charge in [-0.3, -0.25) is 4.79 Å². The van der Waals surface area contributed by atoms with Crippen LogP contribution in [0.2, 0.25) is 0 Å². The number of hydrogen-bond acceptors (Lipinski definition) is 2. The number of carbonyl (C=O) groups excluding carboxylic acids is 1. The van der Waals surface area contributed by atoms with Gasteiger partial charge in [0, 0.05) is 12.6 Å². The Morgan fingerprint density at radius 2 is 1.82 bits per heavy atom. The van der Waals surface area contributed by atoms with Crippen LogP contribution in [0.5, 0.6) is 0 Å². The Bertz CT molecular complexity index is 204. The first-order chi connectivity index (χ1) is 8.06. The first-order valence-electron chi connectivity index (χ1n) is 7.07. The quantitative estimate of drug-likeness (QED) is 0.653. The predicted molar refractivity (Wildman–Crippen MR) is 73.7 cm³/mol. The fourth-order valence-electron chi connectivity index (χ4n) is 2.08. The van der Waals surface area contributed by atoms with Crippen molar-refractivity contribution in [2.24, 2.45) is 17.6 Å². The van der Waals surface area contributed by atoms with Gasteiger partial charge in [-0.05, 0) is 18.8 Å². The van der Waals surface area contributed by atoms with Crippen molar-refractivity contribution in [1.82, 2.24) is 5.32 Å². The molecule has 0 spiro atoms. The molecule has 0 aliphatic heterocycles. The highest BCUT2D eigenvalue weighted by Gasteiger charge is 2.22. The van der Waals surface area contributed by atoms with Crippen molar-refractivity contribution >= 4 is 5.91 Å². The largest absolute Gasteiger partial charge is 0.353 e. The van der Waals surface area contributed by atoms with Crippen molar-refractivity contribution < 1.29 is 4.79 Å². The number of hydrogen-bond donors (Lipinski definition) is 2. The summed E-state index contributed by atoms with van der Waals surface area (Å²) in [7, 11) is 0. The molecule has 0 aromatic heterocycles. The molecule has 0 aliphatic rings. The molecule has 3 N–H and O–H groups in total. The minimum atomic E-state index is -0.0454. The Labute approximate surface area is 107 Å². The van der Waals surface area contributed by atoms with Gasteiger partial charge in [0.25, 0.3) is 0 Å². The Balaban J connectivity index is 4.26. The van der Waals surface area contributed by atoms with Crippen LogP contribution in [0.1, 0.15) is 59.8 Å². The maximum Gasteiger partial charge on any atom is 0.224 e. The number of unbranched alkanes of at least 4 members (excludes halogenated alkanes) is 1. The Morgan fingerprint density at radius 1 is 1.18 bits per heavy atom. The summed E-state index contributed by atoms with van der Waals surface area (Å²) in [6.45, 7) is 8.89. The van der Waals surface area contributed by atoms with Crippen molar-refractivity contribution in [2.75, 3.05) is 6.54 Å². The molecule has 17 heavy (non-hydrogen) atoms. The Morgan fingerprint density at radius 3 is 2.24 bits per heavy atom. The van der Waals surface area contributed by atoms with E-state index in [1.165, 1.54) is 12.8 Å². The van der Waals surface area contributed by atoms with E-state index < -0.39 is 0 Å². The third-order valence-corrected chi connectivity index (χ3v) is 3.29. The van der Waals surface area contributed by atoms with Crippen LogP contribution in [0.15, 0.2) is 0 Å². The molecular formula is C14H30N2O. The first-order valence-corrected chi connectivity index (χ1v) is 7.07. The van der Waals surface area contributed by atoms with Crippen LogP contribution in [-0.2, 0) is 4.79 Å². The zero-order valence-electron chi connectivity index (χ0n) is 12.0. The van der Waals surface area contributed by atoms with Crippen LogP contribution in [0.25, 0.3) is 0 Å². The molecule has 2 unspecified atom stereocenters. The Hall–Kier alpha value is -0.570. The topological polar surface area (TPSA) is 55.1 Å². The minimum Gasteiger partial charge on any atom is -0.353 e. The molecule has 0 heterocycles. The van der Waals surface area contributed by atoms with Gasteiger partial charge in [0.05, 0.1) is 5.92 Å². The molecule has 0 bridgehead atoms. The van der Waals surface area contributed by atoms with Gasteiger partial charge in [0.15, 0.2) is 0 Å². The van der Waals surface area contributed by atoms with Gasteiger partial charge in [0.1, 0.15) is 0 Å². The molecule has 0 aromatic rings. The molecule has 0 rings (SSSR count). The second-order valence-electron chi connectivity index (χ2n) is 5.22. The normalized spacial score (nSPS) is 14.7. The highest BCUT2D eigenvalue weighted by atomic mass is 16.2. The van der Waals surface area contributed by atoms with E-state index in [1.807, 2.05) is 0 Å². The third-order valence-electron chi connectivity index (χ3n) is 3.29. The van der Waals surface area contributed by atoms with Crippen molar-refractivity contribution in [2.45, 2.75) is 65.8 Å². The van der Waals surface area contributed by atoms with Crippen molar-refractivity contribution in [3.63, 3.8) is 0 Å². The standard InChI is InChI=1S/C14H30N2O/c1-5-7-9-12(8-6-2)16-14(17)13(10-15)11(3)4/h11-13H,5-10,15H2,1-4H3,(H,16,17). The van der Waals surface area contributed by atoms with Crippen LogP contribution in [-0.4, -0.2) is 18.5 Å². The van der Waals surface area contributed by atoms with Gasteiger partial charge >= 0.3 is 0 Å². The SMILES string of the molecule is CCCCC(CCC)NC(=O)C(CN)C(C)C. The second kappa shape index (κ2) is 9.46. The highest BCUT2D eigenvalue weighted by Crippen LogP contribution is 2.12. The summed E-state index contributed by atoms with van der Waals surface area (Å²) in [5.74, 6) is 0.404. The summed E-state index contributed by atoms with van der Waals surface area (Å²) >= 11 is 0. The van der Waals surface area contributed by atoms with Crippen LogP contribution >= 0.6 is 0 Å². The van der Waals surface area contributed by atoms with E-state index in [2.05, 4.69) is 33.0 Å². The molecule has 2 atom stereocenters. The van der Waals surface area contributed by atoms with E-state index >= 15 is 0 Å². The molecule has 1 amide bonds. The van der Waals surface area contributed by atoms with Gasteiger partial charge < -0.3 is 11.1 Å². The first kappa shape index (κ1) is 16.4. The highest BCUT2D eigenvalue weighted by molar-refractivity contribution is 5.79. The summed E-state index contributed by atoms with van der Waals surface area (Å²) in [6, 6.07) is 0.334. The molecule has 3 nitrogen and oxygen atoms in total. The lowest BCUT2D eigenvalue weighted by Gasteiger charge is -2.23. The van der Waals surface area contributed by atoms with Crippen LogP contribution in [0.3, 0.4) is 0 Å². The number of nitrogens with one attached hydrogen (secondary N) is 1. The lowest BCUT2D eigenvalue weighted by molar-refractivity contribution is -0.126. The molecule has 0 saturated heterocycles. The van der Waals surface area contributed by atoms with E-state index in [-0.39, 0.29) is 11.8 Å². The average molecular weight is 242 g/mol. The zero-order chi connectivity index (χ0) is 13.3. The lowest BCUT2D eigenvalue weighted by Crippen LogP contribution is -2.43. The fourth-order valence-corrected chi connectivity index (χ4v) is 2.08. The van der Waals surface area contributed by atoms with Gasteiger partial charge in [-0.15, -0.1) is 0 Å². The predicted octanol–water partition coefficient (Wildman–Crippen LogP) is 2.69. The minimum absolute atomic E-state index is 0.0454. The lowest BCUT2D eigenvalue weighted by atomic mass is 9.94. The van der Waals surface area contributed by atoms with Crippen molar-refractivity contribution in [3.05, 3.63) is 0 Å². The summed E-state index contributed by atoms with van der Waals surface area (Å²) in [5.41, 5.74) is 5.66. The van der Waals surface area contributed by atoms with E-state index in [0.29, 0.717) is 18.5 Å². The van der Waals surface area contributed by atoms with E-state index in [0.717, 1.165) is 19.3 Å². The Kier molecular flexibility index (Phi) is 9.14. The smallest absolute Gasteiger partial charge is 0.224 e. The number of amides is 1. The molecular weight excluding hydrogens is 212 g/mol. The van der Waals surface area contributed by atoms with Crippen LogP contribution in [0, 0.1) is 11.8 Å². The van der Waals surface area contributed by atoms with Crippen LogP contribution in [0.4, 0.5) is 0 Å². The van der Waals surface area contributed by atoms with Crippen molar-refractivity contribution in [3.8, 4) is 0 Å². The molecule has 102 valence electrons. The van der Waals surface area contributed by atoms with E-state index in [1.54, 1.807) is 0 Å². The molecule has 0 radical (unpaired) electrons. The molecule has 0 aliphatic carbocycles. The molecule has 0 saturated carbocycles. The molecule has 0 aromatic carbocycles. The fraction of sp³-hybridized carbons (Fsp3) is 0.929. The molecule has 3 heteroatoms. The van der Waals surface area contributed by atoms with Gasteiger partial charge in [-0.25, -0.2) is 0 Å². The number of rotatable bonds is 9. The number of carbonyl (C=O) groups is 1. The average Bonchev–Trinajstić information content (AvgIpc) is 2.26. The number of nitrogens with two attached hydrogens (primary N) is 1. The van der Waals surface area contributed by atoms with Gasteiger partial charge in [-0.2, -0.15) is 0 Å².